The average molecular weight is 483 g/mol. The molecule has 3 aromatic carbocycles. The first-order chi connectivity index (χ1) is 17.0. The van der Waals surface area contributed by atoms with Crippen LogP contribution in [-0.4, -0.2) is 36.0 Å². The van der Waals surface area contributed by atoms with Gasteiger partial charge in [0.2, 0.25) is 5.91 Å². The third-order valence-electron chi connectivity index (χ3n) is 6.14. The highest BCUT2D eigenvalue weighted by Gasteiger charge is 2.23. The van der Waals surface area contributed by atoms with Gasteiger partial charge in [0.25, 0.3) is 0 Å². The van der Waals surface area contributed by atoms with E-state index in [9.17, 15) is 4.79 Å². The predicted octanol–water partition coefficient (Wildman–Crippen LogP) is 4.77. The van der Waals surface area contributed by atoms with E-state index in [4.69, 9.17) is 4.98 Å². The maximum absolute atomic E-state index is 13.1. The van der Waals surface area contributed by atoms with Crippen molar-refractivity contribution in [1.29, 1.82) is 0 Å². The molecule has 2 heterocycles. The predicted molar refractivity (Wildman–Crippen MR) is 139 cm³/mol. The van der Waals surface area contributed by atoms with Crippen LogP contribution in [0.1, 0.15) is 28.6 Å². The second kappa shape index (κ2) is 9.76. The normalized spacial score (nSPS) is 12.1. The minimum absolute atomic E-state index is 0.106. The van der Waals surface area contributed by atoms with E-state index in [1.807, 2.05) is 76.8 Å². The lowest BCUT2D eigenvalue weighted by molar-refractivity contribution is -0.119. The van der Waals surface area contributed by atoms with Gasteiger partial charge in [-0.3, -0.25) is 9.36 Å². The summed E-state index contributed by atoms with van der Waals surface area (Å²) < 4.78 is 3.95. The molecule has 1 unspecified atom stereocenters. The summed E-state index contributed by atoms with van der Waals surface area (Å²) in [6.45, 7) is 4.16. The monoisotopic (exact) mass is 482 g/mol. The SMILES string of the molecule is Cc1ccc(-n2cnnc2SCC(=O)NC(c2ccccc2)c2nc3ccccc3n2C)cc1C. The van der Waals surface area contributed by atoms with Gasteiger partial charge in [-0.15, -0.1) is 10.2 Å². The van der Waals surface area contributed by atoms with Gasteiger partial charge in [0.15, 0.2) is 5.16 Å². The van der Waals surface area contributed by atoms with Gasteiger partial charge in [-0.05, 0) is 54.8 Å². The third-order valence-corrected chi connectivity index (χ3v) is 7.08. The second-order valence-electron chi connectivity index (χ2n) is 8.47. The van der Waals surface area contributed by atoms with Crippen molar-refractivity contribution in [2.75, 3.05) is 5.75 Å². The molecule has 0 spiro atoms. The van der Waals surface area contributed by atoms with Crippen LogP contribution in [0.25, 0.3) is 16.7 Å². The molecule has 0 bridgehead atoms. The summed E-state index contributed by atoms with van der Waals surface area (Å²) in [5, 5.41) is 12.2. The number of amides is 1. The minimum Gasteiger partial charge on any atom is -0.341 e. The number of aryl methyl sites for hydroxylation is 3. The highest BCUT2D eigenvalue weighted by atomic mass is 32.2. The number of carbonyl (C=O) groups excluding carboxylic acids is 1. The molecule has 0 saturated heterocycles. The Balaban J connectivity index is 1.37. The molecular weight excluding hydrogens is 456 g/mol. The van der Waals surface area contributed by atoms with Crippen LogP contribution in [-0.2, 0) is 11.8 Å². The summed E-state index contributed by atoms with van der Waals surface area (Å²) in [5.74, 6) is 0.885. The van der Waals surface area contributed by atoms with Crippen LogP contribution in [0.4, 0.5) is 0 Å². The zero-order valence-electron chi connectivity index (χ0n) is 19.8. The number of rotatable bonds is 7. The van der Waals surface area contributed by atoms with Gasteiger partial charge in [0, 0.05) is 12.7 Å². The first-order valence-corrected chi connectivity index (χ1v) is 12.4. The number of hydrogen-bond acceptors (Lipinski definition) is 5. The van der Waals surface area contributed by atoms with E-state index in [0.717, 1.165) is 28.1 Å². The van der Waals surface area contributed by atoms with Crippen LogP contribution in [0.3, 0.4) is 0 Å². The lowest BCUT2D eigenvalue weighted by Gasteiger charge is -2.19. The van der Waals surface area contributed by atoms with Crippen molar-refractivity contribution >= 4 is 28.7 Å². The van der Waals surface area contributed by atoms with Crippen LogP contribution in [0.2, 0.25) is 0 Å². The maximum atomic E-state index is 13.1. The Kier molecular flexibility index (Phi) is 6.37. The topological polar surface area (TPSA) is 77.6 Å². The number of fused-ring (bicyclic) bond motifs is 1. The number of nitrogens with one attached hydrogen (secondary N) is 1. The number of hydrogen-bond donors (Lipinski definition) is 1. The van der Waals surface area contributed by atoms with Gasteiger partial charge in [-0.25, -0.2) is 4.98 Å². The average Bonchev–Trinajstić information content (AvgIpc) is 3.48. The number of imidazole rings is 1. The van der Waals surface area contributed by atoms with Gasteiger partial charge in [0.05, 0.1) is 16.8 Å². The molecule has 1 atom stereocenters. The zero-order valence-corrected chi connectivity index (χ0v) is 20.7. The number of para-hydroxylation sites is 2. The molecule has 5 rings (SSSR count). The molecule has 0 fully saturated rings. The van der Waals surface area contributed by atoms with Crippen LogP contribution >= 0.6 is 11.8 Å². The fourth-order valence-electron chi connectivity index (χ4n) is 4.07. The van der Waals surface area contributed by atoms with Gasteiger partial charge < -0.3 is 9.88 Å². The number of nitrogens with zero attached hydrogens (tertiary/aromatic N) is 5. The minimum atomic E-state index is -0.376. The van der Waals surface area contributed by atoms with Crippen molar-refractivity contribution in [2.24, 2.45) is 7.05 Å². The van der Waals surface area contributed by atoms with Crippen molar-refractivity contribution in [1.82, 2.24) is 29.6 Å². The van der Waals surface area contributed by atoms with Gasteiger partial charge >= 0.3 is 0 Å². The smallest absolute Gasteiger partial charge is 0.231 e. The van der Waals surface area contributed by atoms with E-state index in [2.05, 4.69) is 41.5 Å². The van der Waals surface area contributed by atoms with Crippen LogP contribution in [0.5, 0.6) is 0 Å². The van der Waals surface area contributed by atoms with E-state index >= 15 is 0 Å². The van der Waals surface area contributed by atoms with Crippen LogP contribution < -0.4 is 5.32 Å². The molecule has 0 radical (unpaired) electrons. The Hall–Kier alpha value is -3.91. The maximum Gasteiger partial charge on any atom is 0.231 e. The first-order valence-electron chi connectivity index (χ1n) is 11.4. The van der Waals surface area contributed by atoms with Crippen molar-refractivity contribution in [3.63, 3.8) is 0 Å². The highest BCUT2D eigenvalue weighted by Crippen LogP contribution is 2.26. The van der Waals surface area contributed by atoms with Crippen molar-refractivity contribution < 1.29 is 4.79 Å². The van der Waals surface area contributed by atoms with Gasteiger partial charge in [-0.2, -0.15) is 0 Å². The summed E-state index contributed by atoms with van der Waals surface area (Å²) in [4.78, 5) is 18.0. The van der Waals surface area contributed by atoms with Crippen molar-refractivity contribution in [3.8, 4) is 5.69 Å². The summed E-state index contributed by atoms with van der Waals surface area (Å²) in [6.07, 6.45) is 1.68. The van der Waals surface area contributed by atoms with Crippen molar-refractivity contribution in [3.05, 3.63) is 102 Å². The first kappa shape index (κ1) is 22.9. The Bertz CT molecular complexity index is 1490. The zero-order chi connectivity index (χ0) is 24.4. The lowest BCUT2D eigenvalue weighted by Crippen LogP contribution is -2.32. The Labute approximate surface area is 208 Å². The number of thioether (sulfide) groups is 1. The molecule has 0 aliphatic heterocycles. The summed E-state index contributed by atoms with van der Waals surface area (Å²) in [6, 6.07) is 23.7. The molecule has 1 amide bonds. The van der Waals surface area contributed by atoms with E-state index in [1.54, 1.807) is 6.33 Å². The molecule has 0 aliphatic carbocycles. The molecule has 1 N–H and O–H groups in total. The highest BCUT2D eigenvalue weighted by molar-refractivity contribution is 7.99. The largest absolute Gasteiger partial charge is 0.341 e. The van der Waals surface area contributed by atoms with E-state index in [1.165, 1.54) is 22.9 Å². The fraction of sp³-hybridized carbons (Fsp3) is 0.185. The van der Waals surface area contributed by atoms with Gasteiger partial charge in [0.1, 0.15) is 18.2 Å². The summed E-state index contributed by atoms with van der Waals surface area (Å²) in [5.41, 5.74) is 6.29. The Morgan fingerprint density at radius 2 is 1.77 bits per heavy atom. The van der Waals surface area contributed by atoms with Gasteiger partial charge in [-0.1, -0.05) is 60.3 Å². The number of benzene rings is 3. The molecule has 0 saturated carbocycles. The molecule has 5 aromatic rings. The molecule has 35 heavy (non-hydrogen) atoms. The standard InChI is InChI=1S/C27H26N6OS/c1-18-13-14-21(15-19(18)2)33-17-28-31-27(33)35-16-24(34)30-25(20-9-5-4-6-10-20)26-29-22-11-7-8-12-23(22)32(26)3/h4-15,17,25H,16H2,1-3H3,(H,30,34). The van der Waals surface area contributed by atoms with Crippen LogP contribution in [0.15, 0.2) is 84.3 Å². The van der Waals surface area contributed by atoms with Crippen LogP contribution in [0, 0.1) is 13.8 Å². The quantitative estimate of drug-likeness (QED) is 0.338. The molecule has 8 heteroatoms. The Morgan fingerprint density at radius 1 is 1.00 bits per heavy atom. The molecule has 7 nitrogen and oxygen atoms in total. The molecule has 176 valence electrons. The van der Waals surface area contributed by atoms with E-state index < -0.39 is 0 Å². The molecule has 2 aromatic heterocycles. The lowest BCUT2D eigenvalue weighted by atomic mass is 10.1. The number of carbonyl (C=O) groups is 1. The molecule has 0 aliphatic rings. The van der Waals surface area contributed by atoms with E-state index in [-0.39, 0.29) is 17.7 Å². The fourth-order valence-corrected chi connectivity index (χ4v) is 4.81. The molecular formula is C27H26N6OS. The summed E-state index contributed by atoms with van der Waals surface area (Å²) >= 11 is 1.36. The van der Waals surface area contributed by atoms with Crippen molar-refractivity contribution in [2.45, 2.75) is 25.0 Å². The Morgan fingerprint density at radius 3 is 2.54 bits per heavy atom. The van der Waals surface area contributed by atoms with E-state index in [0.29, 0.717) is 5.16 Å². The second-order valence-corrected chi connectivity index (χ2v) is 9.41. The summed E-state index contributed by atoms with van der Waals surface area (Å²) in [7, 11) is 1.98. The third kappa shape index (κ3) is 4.70. The number of aromatic nitrogens is 5.